The van der Waals surface area contributed by atoms with Gasteiger partial charge in [-0.05, 0) is 30.0 Å². The molecule has 0 amide bonds. The standard InChI is InChI=1S/C16H23N3O/c1-11(2)16(20-3)15(19-17)10-12-8-9-18-14-7-5-4-6-13(12)14/h4-9,11,15-16,19H,10,17H2,1-3H3. The Bertz CT molecular complexity index is 551. The number of nitrogens with zero attached hydrogens (tertiary/aromatic N) is 1. The average molecular weight is 273 g/mol. The van der Waals surface area contributed by atoms with Crippen LogP contribution in [0.15, 0.2) is 36.5 Å². The van der Waals surface area contributed by atoms with E-state index in [1.54, 1.807) is 7.11 Å². The van der Waals surface area contributed by atoms with Crippen LogP contribution in [-0.2, 0) is 11.2 Å². The third kappa shape index (κ3) is 3.15. The zero-order valence-corrected chi connectivity index (χ0v) is 12.3. The lowest BCUT2D eigenvalue weighted by molar-refractivity contribution is 0.0333. The second kappa shape index (κ2) is 6.79. The molecular formula is C16H23N3O. The van der Waals surface area contributed by atoms with E-state index < -0.39 is 0 Å². The van der Waals surface area contributed by atoms with E-state index in [1.165, 1.54) is 10.9 Å². The molecule has 1 aromatic heterocycles. The van der Waals surface area contributed by atoms with Crippen molar-refractivity contribution in [2.24, 2.45) is 11.8 Å². The molecule has 0 fully saturated rings. The van der Waals surface area contributed by atoms with Gasteiger partial charge in [-0.15, -0.1) is 0 Å². The number of pyridine rings is 1. The Kier molecular flexibility index (Phi) is 5.06. The Hall–Kier alpha value is -1.49. The largest absolute Gasteiger partial charge is 0.380 e. The number of fused-ring (bicyclic) bond motifs is 1. The number of aromatic nitrogens is 1. The van der Waals surface area contributed by atoms with Crippen LogP contribution in [0.25, 0.3) is 10.9 Å². The molecule has 0 aliphatic heterocycles. The van der Waals surface area contributed by atoms with E-state index in [9.17, 15) is 0 Å². The van der Waals surface area contributed by atoms with Crippen molar-refractivity contribution >= 4 is 10.9 Å². The zero-order chi connectivity index (χ0) is 14.5. The minimum atomic E-state index is 0.0748. The van der Waals surface area contributed by atoms with Crippen molar-refractivity contribution in [3.05, 3.63) is 42.1 Å². The lowest BCUT2D eigenvalue weighted by Crippen LogP contribution is -2.48. The first-order valence-electron chi connectivity index (χ1n) is 6.99. The van der Waals surface area contributed by atoms with Crippen molar-refractivity contribution in [2.75, 3.05) is 7.11 Å². The number of methoxy groups -OCH3 is 1. The van der Waals surface area contributed by atoms with Gasteiger partial charge in [0, 0.05) is 18.7 Å². The van der Waals surface area contributed by atoms with Crippen LogP contribution in [0, 0.1) is 5.92 Å². The van der Waals surface area contributed by atoms with Gasteiger partial charge in [0.25, 0.3) is 0 Å². The summed E-state index contributed by atoms with van der Waals surface area (Å²) in [5, 5.41) is 1.17. The molecule has 108 valence electrons. The minimum Gasteiger partial charge on any atom is -0.380 e. The van der Waals surface area contributed by atoms with Gasteiger partial charge in [-0.1, -0.05) is 32.0 Å². The van der Waals surface area contributed by atoms with Crippen molar-refractivity contribution in [2.45, 2.75) is 32.4 Å². The molecule has 0 aliphatic rings. The van der Waals surface area contributed by atoms with Crippen LogP contribution in [0.3, 0.4) is 0 Å². The first-order chi connectivity index (χ1) is 9.67. The lowest BCUT2D eigenvalue weighted by Gasteiger charge is -2.28. The van der Waals surface area contributed by atoms with Gasteiger partial charge in [0.05, 0.1) is 17.7 Å². The highest BCUT2D eigenvalue weighted by molar-refractivity contribution is 5.81. The Balaban J connectivity index is 2.30. The van der Waals surface area contributed by atoms with Crippen molar-refractivity contribution in [3.8, 4) is 0 Å². The molecule has 0 bridgehead atoms. The second-order valence-electron chi connectivity index (χ2n) is 5.41. The van der Waals surface area contributed by atoms with Gasteiger partial charge in [-0.2, -0.15) is 0 Å². The predicted molar refractivity (Wildman–Crippen MR) is 82.2 cm³/mol. The Morgan fingerprint density at radius 3 is 2.65 bits per heavy atom. The van der Waals surface area contributed by atoms with Crippen molar-refractivity contribution in [1.82, 2.24) is 10.4 Å². The molecule has 20 heavy (non-hydrogen) atoms. The molecule has 2 atom stereocenters. The summed E-state index contributed by atoms with van der Waals surface area (Å²) in [5.41, 5.74) is 5.15. The highest BCUT2D eigenvalue weighted by Gasteiger charge is 2.24. The molecule has 0 radical (unpaired) electrons. The number of benzene rings is 1. The second-order valence-corrected chi connectivity index (χ2v) is 5.41. The van der Waals surface area contributed by atoms with Crippen LogP contribution in [0.5, 0.6) is 0 Å². The molecular weight excluding hydrogens is 250 g/mol. The van der Waals surface area contributed by atoms with Crippen molar-refractivity contribution < 1.29 is 4.74 Å². The van der Waals surface area contributed by atoms with Crippen LogP contribution < -0.4 is 11.3 Å². The number of hydrazine groups is 1. The lowest BCUT2D eigenvalue weighted by atomic mass is 9.93. The number of para-hydroxylation sites is 1. The first kappa shape index (κ1) is 14.9. The number of nitrogens with two attached hydrogens (primary N) is 1. The topological polar surface area (TPSA) is 60.2 Å². The van der Waals surface area contributed by atoms with Gasteiger partial charge in [-0.25, -0.2) is 0 Å². The SMILES string of the molecule is COC(C(C)C)C(Cc1ccnc2ccccc12)NN. The van der Waals surface area contributed by atoms with Gasteiger partial charge in [0.1, 0.15) is 0 Å². The van der Waals surface area contributed by atoms with E-state index in [-0.39, 0.29) is 12.1 Å². The van der Waals surface area contributed by atoms with E-state index in [0.29, 0.717) is 5.92 Å². The number of rotatable bonds is 6. The molecule has 2 rings (SSSR count). The summed E-state index contributed by atoms with van der Waals surface area (Å²) in [6.45, 7) is 4.28. The Morgan fingerprint density at radius 2 is 2.00 bits per heavy atom. The Labute approximate surface area is 120 Å². The van der Waals surface area contributed by atoms with Crippen LogP contribution in [-0.4, -0.2) is 24.2 Å². The number of ether oxygens (including phenoxy) is 1. The van der Waals surface area contributed by atoms with Gasteiger partial charge in [0.2, 0.25) is 0 Å². The molecule has 0 aliphatic carbocycles. The number of nitrogens with one attached hydrogen (secondary N) is 1. The maximum absolute atomic E-state index is 5.73. The maximum Gasteiger partial charge on any atom is 0.0763 e. The third-order valence-electron chi connectivity index (χ3n) is 3.72. The van der Waals surface area contributed by atoms with Gasteiger partial charge in [-0.3, -0.25) is 16.3 Å². The van der Waals surface area contributed by atoms with Gasteiger partial charge in [0.15, 0.2) is 0 Å². The van der Waals surface area contributed by atoms with E-state index in [0.717, 1.165) is 11.9 Å². The molecule has 0 saturated carbocycles. The van der Waals surface area contributed by atoms with Crippen molar-refractivity contribution in [3.63, 3.8) is 0 Å². The molecule has 2 aromatic rings. The fourth-order valence-electron chi connectivity index (χ4n) is 2.74. The quantitative estimate of drug-likeness (QED) is 0.626. The fourth-order valence-corrected chi connectivity index (χ4v) is 2.74. The summed E-state index contributed by atoms with van der Waals surface area (Å²) in [7, 11) is 1.74. The normalized spacial score (nSPS) is 14.7. The molecule has 4 nitrogen and oxygen atoms in total. The number of hydrogen-bond donors (Lipinski definition) is 2. The fraction of sp³-hybridized carbons (Fsp3) is 0.438. The van der Waals surface area contributed by atoms with Gasteiger partial charge >= 0.3 is 0 Å². The molecule has 1 heterocycles. The first-order valence-corrected chi connectivity index (χ1v) is 6.99. The average Bonchev–Trinajstić information content (AvgIpc) is 2.46. The molecule has 4 heteroatoms. The van der Waals surface area contributed by atoms with E-state index in [2.05, 4.69) is 36.4 Å². The third-order valence-corrected chi connectivity index (χ3v) is 3.72. The highest BCUT2D eigenvalue weighted by Crippen LogP contribution is 2.20. The van der Waals surface area contributed by atoms with Gasteiger partial charge < -0.3 is 4.74 Å². The zero-order valence-electron chi connectivity index (χ0n) is 12.3. The number of hydrogen-bond acceptors (Lipinski definition) is 4. The summed E-state index contributed by atoms with van der Waals surface area (Å²) in [5.74, 6) is 6.13. The molecule has 1 aromatic carbocycles. The molecule has 0 saturated heterocycles. The Morgan fingerprint density at radius 1 is 1.25 bits per heavy atom. The molecule has 2 unspecified atom stereocenters. The van der Waals surface area contributed by atoms with Crippen molar-refractivity contribution in [1.29, 1.82) is 0 Å². The minimum absolute atomic E-state index is 0.0748. The molecule has 0 spiro atoms. The van der Waals surface area contributed by atoms with E-state index in [4.69, 9.17) is 10.6 Å². The summed E-state index contributed by atoms with van der Waals surface area (Å²) in [6.07, 6.45) is 2.74. The summed E-state index contributed by atoms with van der Waals surface area (Å²) in [6, 6.07) is 10.3. The van der Waals surface area contributed by atoms with E-state index in [1.807, 2.05) is 24.4 Å². The van der Waals surface area contributed by atoms with Crippen LogP contribution >= 0.6 is 0 Å². The van der Waals surface area contributed by atoms with Crippen LogP contribution in [0.1, 0.15) is 19.4 Å². The summed E-state index contributed by atoms with van der Waals surface area (Å²) >= 11 is 0. The highest BCUT2D eigenvalue weighted by atomic mass is 16.5. The maximum atomic E-state index is 5.73. The predicted octanol–water partition coefficient (Wildman–Crippen LogP) is 2.28. The van der Waals surface area contributed by atoms with Crippen LogP contribution in [0.2, 0.25) is 0 Å². The van der Waals surface area contributed by atoms with Crippen LogP contribution in [0.4, 0.5) is 0 Å². The summed E-state index contributed by atoms with van der Waals surface area (Å²) in [4.78, 5) is 4.39. The smallest absolute Gasteiger partial charge is 0.0763 e. The van der Waals surface area contributed by atoms with E-state index >= 15 is 0 Å². The monoisotopic (exact) mass is 273 g/mol. The molecule has 3 N–H and O–H groups in total. The summed E-state index contributed by atoms with van der Waals surface area (Å²) < 4.78 is 5.59.